The molecule has 0 radical (unpaired) electrons. The molecule has 0 aromatic heterocycles. The van der Waals surface area contributed by atoms with Gasteiger partial charge in [0.2, 0.25) is 0 Å². The highest BCUT2D eigenvalue weighted by Gasteiger charge is 2.28. The number of carbonyl (C=O) groups is 1. The van der Waals surface area contributed by atoms with Gasteiger partial charge in [-0.25, -0.2) is 0 Å². The Hall–Kier alpha value is -1.86. The van der Waals surface area contributed by atoms with E-state index >= 15 is 0 Å². The Morgan fingerprint density at radius 3 is 2.74 bits per heavy atom. The van der Waals surface area contributed by atoms with E-state index in [2.05, 4.69) is 13.0 Å². The molecule has 1 aliphatic heterocycles. The van der Waals surface area contributed by atoms with Gasteiger partial charge < -0.3 is 10.6 Å². The van der Waals surface area contributed by atoms with Crippen LogP contribution in [-0.2, 0) is 0 Å². The van der Waals surface area contributed by atoms with Gasteiger partial charge in [0.15, 0.2) is 0 Å². The maximum absolute atomic E-state index is 12.4. The van der Waals surface area contributed by atoms with Crippen molar-refractivity contribution in [1.82, 2.24) is 4.90 Å². The molecule has 2 rings (SSSR count). The minimum absolute atomic E-state index is 0.0369. The van der Waals surface area contributed by atoms with Crippen molar-refractivity contribution in [2.45, 2.75) is 25.8 Å². The lowest BCUT2D eigenvalue weighted by Gasteiger charge is -2.36. The second kappa shape index (κ2) is 5.85. The molecule has 1 fully saturated rings. The molecule has 2 atom stereocenters. The lowest BCUT2D eigenvalue weighted by Crippen LogP contribution is -2.49. The summed E-state index contributed by atoms with van der Waals surface area (Å²) in [5.41, 5.74) is 7.27. The largest absolute Gasteiger partial charge is 0.338 e. The van der Waals surface area contributed by atoms with Crippen LogP contribution < -0.4 is 5.73 Å². The number of piperidine rings is 1. The molecule has 0 saturated carbocycles. The van der Waals surface area contributed by atoms with Crippen LogP contribution in [0.15, 0.2) is 24.3 Å². The van der Waals surface area contributed by atoms with E-state index in [1.807, 2.05) is 4.90 Å². The fraction of sp³-hybridized carbons (Fsp3) is 0.467. The van der Waals surface area contributed by atoms with Gasteiger partial charge in [-0.3, -0.25) is 4.79 Å². The monoisotopic (exact) mass is 257 g/mol. The first-order chi connectivity index (χ1) is 9.15. The normalized spacial score (nSPS) is 22.9. The van der Waals surface area contributed by atoms with Gasteiger partial charge in [0.1, 0.15) is 0 Å². The second-order valence-electron chi connectivity index (χ2n) is 5.06. The maximum atomic E-state index is 12.4. The Balaban J connectivity index is 2.09. The van der Waals surface area contributed by atoms with Crippen LogP contribution in [0.2, 0.25) is 0 Å². The number of likely N-dealkylation sites (tertiary alicyclic amines) is 1. The van der Waals surface area contributed by atoms with Crippen LogP contribution in [0.5, 0.6) is 0 Å². The van der Waals surface area contributed by atoms with Crippen molar-refractivity contribution in [1.29, 1.82) is 5.26 Å². The predicted molar refractivity (Wildman–Crippen MR) is 73.4 cm³/mol. The molecule has 4 heteroatoms. The lowest BCUT2D eigenvalue weighted by molar-refractivity contribution is 0.0649. The topological polar surface area (TPSA) is 70.1 Å². The molecule has 1 amide bonds. The number of nitrogens with zero attached hydrogens (tertiary/aromatic N) is 2. The van der Waals surface area contributed by atoms with Gasteiger partial charge in [-0.2, -0.15) is 5.26 Å². The quantitative estimate of drug-likeness (QED) is 0.877. The third-order valence-electron chi connectivity index (χ3n) is 3.87. The van der Waals surface area contributed by atoms with E-state index in [-0.39, 0.29) is 11.9 Å². The van der Waals surface area contributed by atoms with E-state index in [9.17, 15) is 4.79 Å². The SMILES string of the molecule is CCC1CN(C(=O)c2ccc(C#N)cc2)CCC1N. The number of nitriles is 1. The summed E-state index contributed by atoms with van der Waals surface area (Å²) >= 11 is 0. The number of carbonyl (C=O) groups excluding carboxylic acids is 1. The third kappa shape index (κ3) is 2.94. The van der Waals surface area contributed by atoms with Crippen LogP contribution >= 0.6 is 0 Å². The Morgan fingerprint density at radius 2 is 2.16 bits per heavy atom. The zero-order valence-electron chi connectivity index (χ0n) is 11.2. The van der Waals surface area contributed by atoms with E-state index in [1.54, 1.807) is 24.3 Å². The van der Waals surface area contributed by atoms with Gasteiger partial charge in [-0.1, -0.05) is 13.3 Å². The Morgan fingerprint density at radius 1 is 1.47 bits per heavy atom. The fourth-order valence-electron chi connectivity index (χ4n) is 2.54. The molecule has 100 valence electrons. The molecular weight excluding hydrogens is 238 g/mol. The summed E-state index contributed by atoms with van der Waals surface area (Å²) in [7, 11) is 0. The van der Waals surface area contributed by atoms with Gasteiger partial charge in [0.25, 0.3) is 5.91 Å². The van der Waals surface area contributed by atoms with Crippen molar-refractivity contribution in [2.24, 2.45) is 11.7 Å². The molecule has 2 N–H and O–H groups in total. The summed E-state index contributed by atoms with van der Waals surface area (Å²) < 4.78 is 0. The molecule has 1 heterocycles. The molecule has 1 aromatic carbocycles. The minimum atomic E-state index is 0.0369. The zero-order valence-corrected chi connectivity index (χ0v) is 11.2. The Labute approximate surface area is 113 Å². The number of benzene rings is 1. The van der Waals surface area contributed by atoms with Gasteiger partial charge in [-0.05, 0) is 36.6 Å². The number of nitrogens with two attached hydrogens (primary N) is 1. The minimum Gasteiger partial charge on any atom is -0.338 e. The highest BCUT2D eigenvalue weighted by Crippen LogP contribution is 2.20. The molecule has 1 saturated heterocycles. The maximum Gasteiger partial charge on any atom is 0.253 e. The van der Waals surface area contributed by atoms with Crippen LogP contribution in [0, 0.1) is 17.2 Å². The van der Waals surface area contributed by atoms with Crippen molar-refractivity contribution in [3.8, 4) is 6.07 Å². The molecule has 1 aromatic rings. The fourth-order valence-corrected chi connectivity index (χ4v) is 2.54. The lowest BCUT2D eigenvalue weighted by atomic mass is 9.90. The summed E-state index contributed by atoms with van der Waals surface area (Å²) in [4.78, 5) is 14.2. The van der Waals surface area contributed by atoms with Gasteiger partial charge >= 0.3 is 0 Å². The third-order valence-corrected chi connectivity index (χ3v) is 3.87. The van der Waals surface area contributed by atoms with E-state index in [0.717, 1.165) is 25.9 Å². The number of amides is 1. The molecular formula is C15H19N3O. The van der Waals surface area contributed by atoms with Gasteiger partial charge in [-0.15, -0.1) is 0 Å². The van der Waals surface area contributed by atoms with Crippen LogP contribution in [-0.4, -0.2) is 29.9 Å². The van der Waals surface area contributed by atoms with E-state index < -0.39 is 0 Å². The van der Waals surface area contributed by atoms with Crippen LogP contribution in [0.4, 0.5) is 0 Å². The van der Waals surface area contributed by atoms with Crippen molar-refractivity contribution < 1.29 is 4.79 Å². The van der Waals surface area contributed by atoms with Crippen molar-refractivity contribution in [2.75, 3.05) is 13.1 Å². The first kappa shape index (κ1) is 13.6. The molecule has 0 aliphatic carbocycles. The standard InChI is InChI=1S/C15H19N3O/c1-2-12-10-18(8-7-14(12)17)15(19)13-5-3-11(9-16)4-6-13/h3-6,12,14H,2,7-8,10,17H2,1H3. The summed E-state index contributed by atoms with van der Waals surface area (Å²) in [6, 6.07) is 9.06. The van der Waals surface area contributed by atoms with Crippen LogP contribution in [0.25, 0.3) is 0 Å². The Bertz CT molecular complexity index is 489. The van der Waals surface area contributed by atoms with Crippen molar-refractivity contribution >= 4 is 5.91 Å². The zero-order chi connectivity index (χ0) is 13.8. The van der Waals surface area contributed by atoms with E-state index in [0.29, 0.717) is 17.0 Å². The van der Waals surface area contributed by atoms with E-state index in [4.69, 9.17) is 11.0 Å². The average molecular weight is 257 g/mol. The molecule has 1 aliphatic rings. The summed E-state index contributed by atoms with van der Waals surface area (Å²) in [5.74, 6) is 0.422. The van der Waals surface area contributed by atoms with Crippen molar-refractivity contribution in [3.63, 3.8) is 0 Å². The second-order valence-corrected chi connectivity index (χ2v) is 5.06. The smallest absolute Gasteiger partial charge is 0.253 e. The molecule has 0 spiro atoms. The first-order valence-electron chi connectivity index (χ1n) is 6.70. The van der Waals surface area contributed by atoms with Gasteiger partial charge in [0, 0.05) is 24.7 Å². The van der Waals surface area contributed by atoms with Crippen LogP contribution in [0.1, 0.15) is 35.7 Å². The number of hydrogen-bond donors (Lipinski definition) is 1. The molecule has 0 bridgehead atoms. The predicted octanol–water partition coefficient (Wildman–Crippen LogP) is 1.76. The van der Waals surface area contributed by atoms with Crippen LogP contribution in [0.3, 0.4) is 0 Å². The molecule has 2 unspecified atom stereocenters. The van der Waals surface area contributed by atoms with Crippen molar-refractivity contribution in [3.05, 3.63) is 35.4 Å². The molecule has 4 nitrogen and oxygen atoms in total. The van der Waals surface area contributed by atoms with E-state index in [1.165, 1.54) is 0 Å². The highest BCUT2D eigenvalue weighted by molar-refractivity contribution is 5.94. The first-order valence-corrected chi connectivity index (χ1v) is 6.70. The summed E-state index contributed by atoms with van der Waals surface area (Å²) in [6.07, 6.45) is 1.86. The number of hydrogen-bond acceptors (Lipinski definition) is 3. The average Bonchev–Trinajstić information content (AvgIpc) is 2.47. The summed E-state index contributed by atoms with van der Waals surface area (Å²) in [5, 5.41) is 8.75. The Kier molecular flexibility index (Phi) is 4.18. The highest BCUT2D eigenvalue weighted by atomic mass is 16.2. The number of rotatable bonds is 2. The summed E-state index contributed by atoms with van der Waals surface area (Å²) in [6.45, 7) is 3.56. The molecule has 19 heavy (non-hydrogen) atoms. The van der Waals surface area contributed by atoms with Gasteiger partial charge in [0.05, 0.1) is 11.6 Å².